The molecule has 2 rings (SSSR count). The van der Waals surface area contributed by atoms with E-state index in [1.807, 2.05) is 30.3 Å². The number of amides is 3. The van der Waals surface area contributed by atoms with Gasteiger partial charge in [0.15, 0.2) is 0 Å². The minimum Gasteiger partial charge on any atom is -0.508 e. The van der Waals surface area contributed by atoms with Gasteiger partial charge in [-0.05, 0) is 49.9 Å². The number of nitrogens with one attached hydrogen (secondary N) is 2. The Morgan fingerprint density at radius 2 is 1.74 bits per heavy atom. The predicted molar refractivity (Wildman–Crippen MR) is 133 cm³/mol. The summed E-state index contributed by atoms with van der Waals surface area (Å²) in [6.45, 7) is 8.83. The number of phenols is 1. The summed E-state index contributed by atoms with van der Waals surface area (Å²) in [7, 11) is 0. The van der Waals surface area contributed by atoms with E-state index in [1.165, 1.54) is 12.1 Å². The van der Waals surface area contributed by atoms with Crippen molar-refractivity contribution in [3.8, 4) is 18.2 Å². The van der Waals surface area contributed by atoms with Crippen LogP contribution in [0, 0.1) is 18.4 Å². The van der Waals surface area contributed by atoms with Gasteiger partial charge in [0.2, 0.25) is 5.91 Å². The van der Waals surface area contributed by atoms with E-state index in [-0.39, 0.29) is 18.2 Å². The minimum absolute atomic E-state index is 0.0833. The van der Waals surface area contributed by atoms with Crippen molar-refractivity contribution in [3.63, 3.8) is 0 Å². The number of carbonyl (C=O) groups excluding carboxylic acids is 3. The highest BCUT2D eigenvalue weighted by Crippen LogP contribution is 2.26. The Bertz CT molecular complexity index is 1070. The SMILES string of the molecule is C#CN(C(=O)C(NC(=O)OC(C)(C)C)C(C)C)C(C(=O)NCc1ccccc1)c1cccc(O)c1. The molecule has 2 aromatic rings. The first kappa shape index (κ1) is 27.3. The maximum Gasteiger partial charge on any atom is 0.408 e. The molecule has 0 aliphatic heterocycles. The van der Waals surface area contributed by atoms with Crippen LogP contribution in [0.2, 0.25) is 0 Å². The van der Waals surface area contributed by atoms with Gasteiger partial charge in [-0.25, -0.2) is 4.79 Å². The normalized spacial score (nSPS) is 12.7. The molecule has 35 heavy (non-hydrogen) atoms. The molecule has 3 amide bonds. The second-order valence-electron chi connectivity index (χ2n) is 9.41. The van der Waals surface area contributed by atoms with Crippen molar-refractivity contribution < 1.29 is 24.2 Å². The fraction of sp³-hybridized carbons (Fsp3) is 0.370. The zero-order valence-corrected chi connectivity index (χ0v) is 20.7. The van der Waals surface area contributed by atoms with E-state index in [4.69, 9.17) is 11.2 Å². The Labute approximate surface area is 206 Å². The van der Waals surface area contributed by atoms with Crippen LogP contribution in [0.25, 0.3) is 0 Å². The van der Waals surface area contributed by atoms with Crippen LogP contribution in [0.15, 0.2) is 54.6 Å². The predicted octanol–water partition coefficient (Wildman–Crippen LogP) is 3.72. The van der Waals surface area contributed by atoms with Crippen LogP contribution in [-0.4, -0.2) is 39.6 Å². The summed E-state index contributed by atoms with van der Waals surface area (Å²) >= 11 is 0. The zero-order chi connectivity index (χ0) is 26.2. The number of terminal acetylenes is 1. The lowest BCUT2D eigenvalue weighted by molar-refractivity contribution is -0.139. The van der Waals surface area contributed by atoms with Crippen LogP contribution in [0.3, 0.4) is 0 Å². The van der Waals surface area contributed by atoms with Crippen LogP contribution < -0.4 is 10.6 Å². The summed E-state index contributed by atoms with van der Waals surface area (Å²) in [5.41, 5.74) is 0.421. The Kier molecular flexibility index (Phi) is 9.29. The van der Waals surface area contributed by atoms with Gasteiger partial charge in [-0.1, -0.05) is 62.7 Å². The van der Waals surface area contributed by atoms with Crippen molar-refractivity contribution in [2.24, 2.45) is 5.92 Å². The second kappa shape index (κ2) is 11.9. The third kappa shape index (κ3) is 8.07. The molecule has 3 N–H and O–H groups in total. The summed E-state index contributed by atoms with van der Waals surface area (Å²) in [4.78, 5) is 40.2. The van der Waals surface area contributed by atoms with Gasteiger partial charge in [-0.3, -0.25) is 14.5 Å². The van der Waals surface area contributed by atoms with Gasteiger partial charge in [0.25, 0.3) is 5.91 Å². The minimum atomic E-state index is -1.25. The van der Waals surface area contributed by atoms with Gasteiger partial charge in [0, 0.05) is 12.6 Å². The molecule has 0 aromatic heterocycles. The van der Waals surface area contributed by atoms with Crippen molar-refractivity contribution in [3.05, 3.63) is 65.7 Å². The molecule has 2 atom stereocenters. The van der Waals surface area contributed by atoms with E-state index in [0.29, 0.717) is 5.56 Å². The summed E-state index contributed by atoms with van der Waals surface area (Å²) < 4.78 is 5.29. The monoisotopic (exact) mass is 479 g/mol. The van der Waals surface area contributed by atoms with Crippen molar-refractivity contribution in [2.75, 3.05) is 0 Å². The van der Waals surface area contributed by atoms with E-state index in [2.05, 4.69) is 16.7 Å². The van der Waals surface area contributed by atoms with E-state index in [0.717, 1.165) is 10.5 Å². The average Bonchev–Trinajstić information content (AvgIpc) is 2.78. The number of aromatic hydroxyl groups is 1. The van der Waals surface area contributed by atoms with E-state index < -0.39 is 35.6 Å². The maximum absolute atomic E-state index is 13.6. The molecule has 186 valence electrons. The number of nitrogens with zero attached hydrogens (tertiary/aromatic N) is 1. The molecule has 2 aromatic carbocycles. The van der Waals surface area contributed by atoms with Gasteiger partial charge in [-0.15, -0.1) is 0 Å². The van der Waals surface area contributed by atoms with Crippen LogP contribution in [-0.2, 0) is 20.9 Å². The third-order valence-electron chi connectivity index (χ3n) is 4.98. The van der Waals surface area contributed by atoms with Gasteiger partial charge in [0.1, 0.15) is 23.4 Å². The summed E-state index contributed by atoms with van der Waals surface area (Å²) in [5, 5.41) is 15.4. The lowest BCUT2D eigenvalue weighted by atomic mass is 9.99. The number of carbonyl (C=O) groups is 3. The second-order valence-corrected chi connectivity index (χ2v) is 9.41. The molecule has 8 nitrogen and oxygen atoms in total. The van der Waals surface area contributed by atoms with Crippen molar-refractivity contribution >= 4 is 17.9 Å². The highest BCUT2D eigenvalue weighted by atomic mass is 16.6. The topological polar surface area (TPSA) is 108 Å². The first-order valence-corrected chi connectivity index (χ1v) is 11.3. The Hall–Kier alpha value is -3.99. The third-order valence-corrected chi connectivity index (χ3v) is 4.98. The lowest BCUT2D eigenvalue weighted by Crippen LogP contribution is -2.53. The molecule has 8 heteroatoms. The van der Waals surface area contributed by atoms with Crippen LogP contribution >= 0.6 is 0 Å². The van der Waals surface area contributed by atoms with Crippen LogP contribution in [0.4, 0.5) is 4.79 Å². The smallest absolute Gasteiger partial charge is 0.408 e. The highest BCUT2D eigenvalue weighted by molar-refractivity contribution is 5.93. The standard InChI is InChI=1S/C27H33N3O5/c1-7-30(25(33)22(18(2)3)29-26(34)35-27(4,5)6)23(20-14-11-15-21(31)16-20)24(32)28-17-19-12-9-8-10-13-19/h1,8-16,18,22-23,31H,17H2,2-6H3,(H,28,32)(H,29,34). The molecule has 0 spiro atoms. The Balaban J connectivity index is 2.37. The van der Waals surface area contributed by atoms with Gasteiger partial charge < -0.3 is 20.5 Å². The van der Waals surface area contributed by atoms with Crippen molar-refractivity contribution in [1.29, 1.82) is 0 Å². The van der Waals surface area contributed by atoms with E-state index in [1.54, 1.807) is 46.8 Å². The molecule has 0 bridgehead atoms. The number of phenolic OH excluding ortho intramolecular Hbond substituents is 1. The molecule has 2 unspecified atom stereocenters. The number of hydrogen-bond acceptors (Lipinski definition) is 5. The number of benzene rings is 2. The molecular weight excluding hydrogens is 446 g/mol. The molecule has 0 aliphatic rings. The Morgan fingerprint density at radius 3 is 2.29 bits per heavy atom. The number of alkyl carbamates (subject to hydrolysis) is 1. The number of ether oxygens (including phenoxy) is 1. The fourth-order valence-corrected chi connectivity index (χ4v) is 3.36. The van der Waals surface area contributed by atoms with E-state index in [9.17, 15) is 19.5 Å². The number of hydrogen-bond donors (Lipinski definition) is 3. The summed E-state index contributed by atoms with van der Waals surface area (Å²) in [6, 6.07) is 15.2. The zero-order valence-electron chi connectivity index (χ0n) is 20.7. The molecule has 0 saturated heterocycles. The molecule has 0 heterocycles. The highest BCUT2D eigenvalue weighted by Gasteiger charge is 2.37. The fourth-order valence-electron chi connectivity index (χ4n) is 3.36. The largest absolute Gasteiger partial charge is 0.508 e. The van der Waals surface area contributed by atoms with Crippen molar-refractivity contribution in [1.82, 2.24) is 15.5 Å². The van der Waals surface area contributed by atoms with E-state index >= 15 is 0 Å². The quantitative estimate of drug-likeness (QED) is 0.395. The molecular formula is C27H33N3O5. The summed E-state index contributed by atoms with van der Waals surface area (Å²) in [5.74, 6) is -1.63. The average molecular weight is 480 g/mol. The molecule has 0 fully saturated rings. The first-order valence-electron chi connectivity index (χ1n) is 11.3. The Morgan fingerprint density at radius 1 is 1.09 bits per heavy atom. The van der Waals surface area contributed by atoms with Crippen LogP contribution in [0.1, 0.15) is 51.8 Å². The van der Waals surface area contributed by atoms with Crippen LogP contribution in [0.5, 0.6) is 5.75 Å². The summed E-state index contributed by atoms with van der Waals surface area (Å²) in [6.07, 6.45) is 4.96. The van der Waals surface area contributed by atoms with Crippen molar-refractivity contribution in [2.45, 2.75) is 58.8 Å². The lowest BCUT2D eigenvalue weighted by Gasteiger charge is -2.31. The molecule has 0 radical (unpaired) electrons. The first-order chi connectivity index (χ1) is 16.4. The van der Waals surface area contributed by atoms with Gasteiger partial charge in [-0.2, -0.15) is 0 Å². The molecule has 0 saturated carbocycles. The van der Waals surface area contributed by atoms with Gasteiger partial charge in [0.05, 0.1) is 0 Å². The number of rotatable bonds is 8. The maximum atomic E-state index is 13.6. The van der Waals surface area contributed by atoms with Gasteiger partial charge >= 0.3 is 6.09 Å². The molecule has 0 aliphatic carbocycles.